The van der Waals surface area contributed by atoms with Crippen LogP contribution in [0.4, 0.5) is 0 Å². The number of ether oxygens (including phenoxy) is 1. The largest absolute Gasteiger partial charge is 0.489 e. The lowest BCUT2D eigenvalue weighted by molar-refractivity contribution is -0.00846. The summed E-state index contributed by atoms with van der Waals surface area (Å²) in [7, 11) is 0. The summed E-state index contributed by atoms with van der Waals surface area (Å²) in [6, 6.07) is 0. The third-order valence-electron chi connectivity index (χ3n) is 0.716. The van der Waals surface area contributed by atoms with E-state index in [0.29, 0.717) is 12.3 Å². The van der Waals surface area contributed by atoms with E-state index in [9.17, 15) is 0 Å². The maximum absolute atomic E-state index is 8.02. The molecule has 1 aliphatic heterocycles. The van der Waals surface area contributed by atoms with E-state index in [0.717, 1.165) is 0 Å². The number of hydrogen-bond acceptors (Lipinski definition) is 1. The highest BCUT2D eigenvalue weighted by Gasteiger charge is 2.07. The molecule has 0 saturated heterocycles. The lowest BCUT2D eigenvalue weighted by Crippen LogP contribution is -1.95. The average molecular weight is 96.1 g/mol. The first-order chi connectivity index (χ1) is 3.43. The van der Waals surface area contributed by atoms with Crippen LogP contribution in [0.1, 0.15) is 0 Å². The van der Waals surface area contributed by atoms with E-state index in [1.165, 1.54) is 6.26 Å². The molecule has 0 saturated carbocycles. The summed E-state index contributed by atoms with van der Waals surface area (Å²) >= 11 is 0. The Balaban J connectivity index is 2.77. The summed E-state index contributed by atoms with van der Waals surface area (Å²) in [5.74, 6) is 0. The Labute approximate surface area is 40.8 Å². The van der Waals surface area contributed by atoms with Gasteiger partial charge in [0.1, 0.15) is 0 Å². The minimum atomic E-state index is 0.399. The smallest absolute Gasteiger partial charge is 0.332 e. The molecule has 0 aromatic heterocycles. The van der Waals surface area contributed by atoms with Crippen molar-refractivity contribution < 1.29 is 9.53 Å². The Morgan fingerprint density at radius 2 is 2.71 bits per heavy atom. The number of rotatable bonds is 0. The highest BCUT2D eigenvalue weighted by molar-refractivity contribution is 5.92. The van der Waals surface area contributed by atoms with Crippen molar-refractivity contribution in [2.24, 2.45) is 0 Å². The van der Waals surface area contributed by atoms with Gasteiger partial charge in [-0.3, -0.25) is 0 Å². The van der Waals surface area contributed by atoms with Crippen LogP contribution < -0.4 is 0 Å². The minimum Gasteiger partial charge on any atom is -0.489 e. The van der Waals surface area contributed by atoms with Crippen molar-refractivity contribution in [3.05, 3.63) is 17.9 Å². The van der Waals surface area contributed by atoms with Gasteiger partial charge in [0.05, 0.1) is 12.3 Å². The minimum absolute atomic E-state index is 0.399. The quantitative estimate of drug-likeness (QED) is 0.314. The van der Waals surface area contributed by atoms with Gasteiger partial charge in [-0.1, -0.05) is 0 Å². The second-order valence-electron chi connectivity index (χ2n) is 1.21. The summed E-state index contributed by atoms with van der Waals surface area (Å²) < 4.78 is 4.68. The maximum atomic E-state index is 8.02. The summed E-state index contributed by atoms with van der Waals surface area (Å²) in [6.07, 6.45) is 3.11. The molecule has 0 aromatic rings. The third-order valence-corrected chi connectivity index (χ3v) is 0.716. The van der Waals surface area contributed by atoms with Crippen molar-refractivity contribution in [3.63, 3.8) is 0 Å². The highest BCUT2D eigenvalue weighted by atomic mass is 16.5. The molecule has 3 heteroatoms. The van der Waals surface area contributed by atoms with Gasteiger partial charge in [0.25, 0.3) is 0 Å². The molecule has 0 unspecified atom stereocenters. The van der Waals surface area contributed by atoms with Gasteiger partial charge in [-0.25, -0.2) is 0 Å². The Morgan fingerprint density at radius 1 is 1.86 bits per heavy atom. The molecule has 0 radical (unpaired) electrons. The molecule has 0 amide bonds. The highest BCUT2D eigenvalue weighted by Crippen LogP contribution is 1.89. The molecular formula is C4H4N2O. The molecule has 0 atom stereocenters. The summed E-state index contributed by atoms with van der Waals surface area (Å²) in [6.45, 7) is 0.399. The molecule has 1 aliphatic rings. The Morgan fingerprint density at radius 3 is 3.00 bits per heavy atom. The van der Waals surface area contributed by atoms with Gasteiger partial charge in [0, 0.05) is 0 Å². The predicted molar refractivity (Wildman–Crippen MR) is 23.7 cm³/mol. The van der Waals surface area contributed by atoms with Crippen LogP contribution in [0, 0.1) is 0 Å². The van der Waals surface area contributed by atoms with E-state index < -0.39 is 0 Å². The zero-order chi connectivity index (χ0) is 5.11. The van der Waals surface area contributed by atoms with E-state index in [-0.39, 0.29) is 0 Å². The number of hydrogen-bond donors (Lipinski definition) is 0. The van der Waals surface area contributed by atoms with Crippen LogP contribution in [0.15, 0.2) is 12.3 Å². The van der Waals surface area contributed by atoms with Gasteiger partial charge in [-0.15, -0.1) is 0 Å². The molecule has 0 N–H and O–H groups in total. The molecule has 1 rings (SSSR count). The summed E-state index contributed by atoms with van der Waals surface area (Å²) in [5, 5.41) is 0. The van der Waals surface area contributed by atoms with Crippen LogP contribution in [-0.4, -0.2) is 17.1 Å². The molecule has 0 aliphatic carbocycles. The van der Waals surface area contributed by atoms with Crippen LogP contribution in [-0.2, 0) is 4.74 Å². The van der Waals surface area contributed by atoms with Crippen LogP contribution in [0.2, 0.25) is 0 Å². The van der Waals surface area contributed by atoms with Crippen molar-refractivity contribution in [2.75, 3.05) is 6.61 Å². The van der Waals surface area contributed by atoms with E-state index in [1.54, 1.807) is 6.08 Å². The van der Waals surface area contributed by atoms with E-state index in [4.69, 9.17) is 5.53 Å². The Kier molecular flexibility index (Phi) is 0.922. The molecule has 0 spiro atoms. The molecule has 0 aromatic carbocycles. The molecular weight excluding hydrogens is 92.1 g/mol. The second kappa shape index (κ2) is 1.58. The van der Waals surface area contributed by atoms with Gasteiger partial charge in [0.2, 0.25) is 0 Å². The summed E-state index contributed by atoms with van der Waals surface area (Å²) in [4.78, 5) is 2.89. The van der Waals surface area contributed by atoms with Crippen molar-refractivity contribution in [1.82, 2.24) is 0 Å². The monoisotopic (exact) mass is 96.0 g/mol. The first-order valence-corrected chi connectivity index (χ1v) is 1.92. The number of nitrogens with zero attached hydrogens (tertiary/aromatic N) is 2. The lowest BCUT2D eigenvalue weighted by Gasteiger charge is -1.76. The normalized spacial score (nSPS) is 16.3. The van der Waals surface area contributed by atoms with Crippen LogP contribution >= 0.6 is 0 Å². The van der Waals surface area contributed by atoms with E-state index in [2.05, 4.69) is 9.53 Å². The van der Waals surface area contributed by atoms with Gasteiger partial charge in [0.15, 0.2) is 6.61 Å². The maximum Gasteiger partial charge on any atom is 0.332 e. The zero-order valence-corrected chi connectivity index (χ0v) is 3.66. The van der Waals surface area contributed by atoms with Gasteiger partial charge < -0.3 is 10.3 Å². The van der Waals surface area contributed by atoms with Crippen molar-refractivity contribution >= 4 is 5.71 Å². The average Bonchev–Trinajstić information content (AvgIpc) is 2.14. The van der Waals surface area contributed by atoms with Gasteiger partial charge in [-0.2, -0.15) is 4.79 Å². The first-order valence-electron chi connectivity index (χ1n) is 1.92. The van der Waals surface area contributed by atoms with Crippen molar-refractivity contribution in [3.8, 4) is 0 Å². The van der Waals surface area contributed by atoms with Gasteiger partial charge >= 0.3 is 5.71 Å². The van der Waals surface area contributed by atoms with Crippen molar-refractivity contribution in [1.29, 1.82) is 0 Å². The first kappa shape index (κ1) is 4.09. The van der Waals surface area contributed by atoms with E-state index >= 15 is 0 Å². The molecule has 0 fully saturated rings. The fourth-order valence-electron chi connectivity index (χ4n) is 0.370. The molecule has 3 nitrogen and oxygen atoms in total. The third kappa shape index (κ3) is 0.669. The summed E-state index contributed by atoms with van der Waals surface area (Å²) in [5.41, 5.74) is 8.59. The molecule has 36 valence electrons. The SMILES string of the molecule is [N-]=[N+]=C1C=COC1. The van der Waals surface area contributed by atoms with Crippen LogP contribution in [0.3, 0.4) is 0 Å². The standard InChI is InChI=1S/C4H4N2O/c5-6-4-1-2-7-3-4/h1-2H,3H2. The van der Waals surface area contributed by atoms with E-state index in [1.807, 2.05) is 0 Å². The molecule has 0 bridgehead atoms. The Hall–Kier alpha value is -1.08. The topological polar surface area (TPSA) is 45.6 Å². The van der Waals surface area contributed by atoms with Crippen molar-refractivity contribution in [2.45, 2.75) is 0 Å². The second-order valence-corrected chi connectivity index (χ2v) is 1.21. The Bertz CT molecular complexity index is 144. The molecule has 7 heavy (non-hydrogen) atoms. The van der Waals surface area contributed by atoms with Crippen LogP contribution in [0.5, 0.6) is 0 Å². The van der Waals surface area contributed by atoms with Crippen LogP contribution in [0.25, 0.3) is 5.53 Å². The van der Waals surface area contributed by atoms with Gasteiger partial charge in [-0.05, 0) is 0 Å². The fourth-order valence-corrected chi connectivity index (χ4v) is 0.370. The fraction of sp³-hybridized carbons (Fsp3) is 0.250. The lowest BCUT2D eigenvalue weighted by atomic mass is 10.4. The zero-order valence-electron chi connectivity index (χ0n) is 3.66. The predicted octanol–water partition coefficient (Wildman–Crippen LogP) is 0.201. The molecule has 1 heterocycles.